The Morgan fingerprint density at radius 2 is 1.73 bits per heavy atom. The van der Waals surface area contributed by atoms with E-state index in [1.165, 1.54) is 75.8 Å². The highest BCUT2D eigenvalue weighted by atomic mass is 32.2. The minimum Gasteiger partial charge on any atom is -0.335 e. The number of allylic oxidation sites excluding steroid dienone is 6. The molecule has 188 valence electrons. The lowest BCUT2D eigenvalue weighted by molar-refractivity contribution is -0.665. The van der Waals surface area contributed by atoms with Crippen LogP contribution in [0.15, 0.2) is 92.4 Å². The first-order valence-corrected chi connectivity index (χ1v) is 15.7. The molecule has 1 unspecified atom stereocenters. The second-order valence-corrected chi connectivity index (χ2v) is 12.8. The van der Waals surface area contributed by atoms with E-state index in [4.69, 9.17) is 0 Å². The summed E-state index contributed by atoms with van der Waals surface area (Å²) in [6.45, 7) is 6.60. The van der Waals surface area contributed by atoms with Gasteiger partial charge in [-0.2, -0.15) is 4.57 Å². The SMILES string of the molecule is CCN1C(=CC2=C3CCCC4=C3C(CCC4=Cc3sc4ccccc4[n+]3CC)CC2)Sc2ccccc21. The Morgan fingerprint density at radius 1 is 0.919 bits per heavy atom. The van der Waals surface area contributed by atoms with Gasteiger partial charge in [0, 0.05) is 23.6 Å². The van der Waals surface area contributed by atoms with Crippen molar-refractivity contribution in [2.75, 3.05) is 11.4 Å². The average Bonchev–Trinajstić information content (AvgIpc) is 3.48. The highest BCUT2D eigenvalue weighted by molar-refractivity contribution is 8.03. The molecule has 2 aromatic carbocycles. The van der Waals surface area contributed by atoms with Gasteiger partial charge in [0.15, 0.2) is 0 Å². The summed E-state index contributed by atoms with van der Waals surface area (Å²) in [5.41, 5.74) is 11.1. The topological polar surface area (TPSA) is 7.12 Å². The van der Waals surface area contributed by atoms with Crippen molar-refractivity contribution in [1.82, 2.24) is 0 Å². The number of anilines is 1. The number of thioether (sulfide) groups is 1. The highest BCUT2D eigenvalue weighted by Crippen LogP contribution is 2.52. The zero-order chi connectivity index (χ0) is 24.9. The van der Waals surface area contributed by atoms with Crippen LogP contribution in [0, 0.1) is 5.92 Å². The summed E-state index contributed by atoms with van der Waals surface area (Å²) in [5.74, 6) is 0.765. The molecule has 0 spiro atoms. The zero-order valence-electron chi connectivity index (χ0n) is 21.9. The number of fused-ring (bicyclic) bond motifs is 2. The number of rotatable bonds is 4. The van der Waals surface area contributed by atoms with Gasteiger partial charge < -0.3 is 4.90 Å². The lowest BCUT2D eigenvalue weighted by Gasteiger charge is -2.39. The number of nitrogens with zero attached hydrogens (tertiary/aromatic N) is 2. The number of hydrogen-bond acceptors (Lipinski definition) is 3. The first-order chi connectivity index (χ1) is 18.2. The minimum absolute atomic E-state index is 0.765. The summed E-state index contributed by atoms with van der Waals surface area (Å²) < 4.78 is 3.91. The van der Waals surface area contributed by atoms with Gasteiger partial charge in [-0.3, -0.25) is 0 Å². The standard InChI is InChI=1S/C33H35N2S2/c1-3-34-27-12-5-7-14-29(27)36-31(34)20-23-18-16-22-17-19-24(26-11-9-10-25(23)33(22)26)21-32-35(4-2)28-13-6-8-15-30(28)37-32/h5-8,12-15,20-22H,3-4,9-11,16-19H2,1-2H3/q+1. The minimum atomic E-state index is 0.765. The molecule has 1 atom stereocenters. The summed E-state index contributed by atoms with van der Waals surface area (Å²) in [7, 11) is 0. The van der Waals surface area contributed by atoms with Gasteiger partial charge in [-0.15, -0.1) is 0 Å². The molecule has 0 fully saturated rings. The number of para-hydroxylation sites is 2. The predicted molar refractivity (Wildman–Crippen MR) is 159 cm³/mol. The third-order valence-corrected chi connectivity index (χ3v) is 10.9. The molecule has 4 heteroatoms. The van der Waals surface area contributed by atoms with Crippen molar-refractivity contribution in [2.24, 2.45) is 5.92 Å². The molecule has 0 saturated carbocycles. The molecule has 0 saturated heterocycles. The van der Waals surface area contributed by atoms with Crippen molar-refractivity contribution >= 4 is 45.1 Å². The molecule has 7 rings (SSSR count). The first-order valence-electron chi connectivity index (χ1n) is 14.1. The summed E-state index contributed by atoms with van der Waals surface area (Å²) in [6.07, 6.45) is 14.0. The van der Waals surface area contributed by atoms with E-state index in [0.29, 0.717) is 0 Å². The van der Waals surface area contributed by atoms with E-state index >= 15 is 0 Å². The van der Waals surface area contributed by atoms with Crippen LogP contribution in [0.5, 0.6) is 0 Å². The molecular weight excluding hydrogens is 489 g/mol. The molecule has 4 aliphatic rings. The highest BCUT2D eigenvalue weighted by Gasteiger charge is 2.35. The molecule has 1 aromatic heterocycles. The van der Waals surface area contributed by atoms with Crippen LogP contribution in [0.3, 0.4) is 0 Å². The number of aryl methyl sites for hydroxylation is 1. The Hall–Kier alpha value is -2.56. The van der Waals surface area contributed by atoms with Gasteiger partial charge in [-0.25, -0.2) is 0 Å². The van der Waals surface area contributed by atoms with Gasteiger partial charge >= 0.3 is 0 Å². The third-order valence-electron chi connectivity index (χ3n) is 8.71. The summed E-state index contributed by atoms with van der Waals surface area (Å²) in [6, 6.07) is 17.8. The number of hydrogen-bond donors (Lipinski definition) is 0. The average molecular weight is 524 g/mol. The molecule has 3 aliphatic carbocycles. The Balaban J connectivity index is 1.31. The smallest absolute Gasteiger partial charge is 0.263 e. The molecule has 0 amide bonds. The number of thiazole rings is 1. The molecule has 37 heavy (non-hydrogen) atoms. The van der Waals surface area contributed by atoms with E-state index in [0.717, 1.165) is 19.0 Å². The molecule has 3 aromatic rings. The molecule has 0 N–H and O–H groups in total. The second-order valence-electron chi connectivity index (χ2n) is 10.6. The van der Waals surface area contributed by atoms with E-state index in [9.17, 15) is 0 Å². The normalized spacial score (nSPS) is 23.4. The van der Waals surface area contributed by atoms with Crippen LogP contribution < -0.4 is 9.47 Å². The van der Waals surface area contributed by atoms with Crippen molar-refractivity contribution in [1.29, 1.82) is 0 Å². The number of aromatic nitrogens is 1. The van der Waals surface area contributed by atoms with Crippen LogP contribution in [0.4, 0.5) is 5.69 Å². The summed E-state index contributed by atoms with van der Waals surface area (Å²) >= 11 is 3.91. The fraction of sp³-hybridized carbons (Fsp3) is 0.364. The zero-order valence-corrected chi connectivity index (χ0v) is 23.6. The maximum absolute atomic E-state index is 2.56. The van der Waals surface area contributed by atoms with Crippen LogP contribution >= 0.6 is 23.1 Å². The largest absolute Gasteiger partial charge is 0.335 e. The fourth-order valence-electron chi connectivity index (χ4n) is 7.04. The second kappa shape index (κ2) is 9.63. The van der Waals surface area contributed by atoms with Gasteiger partial charge in [-0.05, 0) is 117 Å². The van der Waals surface area contributed by atoms with Crippen molar-refractivity contribution in [3.8, 4) is 0 Å². The first kappa shape index (κ1) is 23.5. The molecule has 1 aliphatic heterocycles. The maximum Gasteiger partial charge on any atom is 0.263 e. The van der Waals surface area contributed by atoms with Gasteiger partial charge in [-0.1, -0.05) is 47.4 Å². The Kier molecular flexibility index (Phi) is 6.13. The molecule has 2 heterocycles. The van der Waals surface area contributed by atoms with Crippen LogP contribution in [0.25, 0.3) is 16.3 Å². The molecule has 0 radical (unpaired) electrons. The lowest BCUT2D eigenvalue weighted by atomic mass is 9.66. The van der Waals surface area contributed by atoms with Crippen molar-refractivity contribution in [2.45, 2.75) is 70.2 Å². The van der Waals surface area contributed by atoms with E-state index < -0.39 is 0 Å². The monoisotopic (exact) mass is 523 g/mol. The number of benzene rings is 2. The summed E-state index contributed by atoms with van der Waals surface area (Å²) in [5, 5.41) is 2.83. The Morgan fingerprint density at radius 3 is 2.62 bits per heavy atom. The van der Waals surface area contributed by atoms with E-state index in [-0.39, 0.29) is 0 Å². The van der Waals surface area contributed by atoms with Crippen LogP contribution in [-0.2, 0) is 6.54 Å². The van der Waals surface area contributed by atoms with Crippen molar-refractivity contribution < 1.29 is 4.57 Å². The van der Waals surface area contributed by atoms with Gasteiger partial charge in [0.1, 0.15) is 11.2 Å². The molecular formula is C33H35N2S2+. The van der Waals surface area contributed by atoms with Crippen LogP contribution in [0.1, 0.15) is 63.8 Å². The van der Waals surface area contributed by atoms with Gasteiger partial charge in [0.05, 0.1) is 10.7 Å². The van der Waals surface area contributed by atoms with Crippen molar-refractivity contribution in [3.63, 3.8) is 0 Å². The van der Waals surface area contributed by atoms with E-state index in [1.807, 2.05) is 23.1 Å². The quantitative estimate of drug-likeness (QED) is 0.315. The maximum atomic E-state index is 2.56. The Bertz CT molecular complexity index is 1520. The van der Waals surface area contributed by atoms with Gasteiger partial charge in [0.2, 0.25) is 5.52 Å². The Labute approximate surface area is 229 Å². The van der Waals surface area contributed by atoms with E-state index in [1.54, 1.807) is 27.9 Å². The van der Waals surface area contributed by atoms with Crippen LogP contribution in [-0.4, -0.2) is 6.54 Å². The predicted octanol–water partition coefficient (Wildman–Crippen LogP) is 9.05. The van der Waals surface area contributed by atoms with Crippen LogP contribution in [0.2, 0.25) is 0 Å². The van der Waals surface area contributed by atoms with E-state index in [2.05, 4.69) is 84.0 Å². The third kappa shape index (κ3) is 3.95. The molecule has 2 nitrogen and oxygen atoms in total. The molecule has 0 bridgehead atoms. The summed E-state index contributed by atoms with van der Waals surface area (Å²) in [4.78, 5) is 3.91. The fourth-order valence-corrected chi connectivity index (χ4v) is 9.42. The van der Waals surface area contributed by atoms with Crippen molar-refractivity contribution in [3.05, 3.63) is 92.5 Å². The lowest BCUT2D eigenvalue weighted by Crippen LogP contribution is -2.33. The van der Waals surface area contributed by atoms with Gasteiger partial charge in [0.25, 0.3) is 5.01 Å².